The smallest absolute Gasteiger partial charge is 0.169 e. The summed E-state index contributed by atoms with van der Waals surface area (Å²) in [5.74, 6) is 1.21. The van der Waals surface area contributed by atoms with Gasteiger partial charge in [-0.25, -0.2) is 0 Å². The lowest BCUT2D eigenvalue weighted by atomic mass is 10.1. The van der Waals surface area contributed by atoms with Gasteiger partial charge >= 0.3 is 0 Å². The number of hydrogen-bond acceptors (Lipinski definition) is 4. The van der Waals surface area contributed by atoms with Crippen LogP contribution in [-0.2, 0) is 0 Å². The third kappa shape index (κ3) is 3.33. The van der Waals surface area contributed by atoms with Crippen molar-refractivity contribution in [1.82, 2.24) is 0 Å². The molecule has 0 aliphatic carbocycles. The number of hydrogen-bond donors (Lipinski definition) is 0. The number of methoxy groups -OCH3 is 1. The molecule has 5 heteroatoms. The van der Waals surface area contributed by atoms with E-state index in [9.17, 15) is 4.79 Å². The number of rotatable bonds is 4. The number of carbonyl (C=O) groups excluding carboxylic acids is 1. The first-order valence-corrected chi connectivity index (χ1v) is 6.49. The van der Waals surface area contributed by atoms with E-state index in [-0.39, 0.29) is 5.78 Å². The van der Waals surface area contributed by atoms with Crippen LogP contribution in [0.25, 0.3) is 0 Å². The van der Waals surface area contributed by atoms with E-state index in [0.717, 1.165) is 0 Å². The Morgan fingerprint density at radius 2 is 1.86 bits per heavy atom. The van der Waals surface area contributed by atoms with Crippen molar-refractivity contribution in [3.63, 3.8) is 0 Å². The molecule has 0 bridgehead atoms. The van der Waals surface area contributed by atoms with E-state index in [1.54, 1.807) is 36.4 Å². The Kier molecular flexibility index (Phi) is 4.46. The molecule has 21 heavy (non-hydrogen) atoms. The molecule has 0 atom stereocenters. The van der Waals surface area contributed by atoms with Crippen LogP contribution in [0.15, 0.2) is 36.4 Å². The van der Waals surface area contributed by atoms with E-state index in [0.29, 0.717) is 33.4 Å². The molecule has 2 aromatic rings. The summed E-state index contributed by atoms with van der Waals surface area (Å²) in [6.45, 7) is 1.47. The fraction of sp³-hybridized carbons (Fsp3) is 0.125. The lowest BCUT2D eigenvalue weighted by molar-refractivity contribution is 0.101. The van der Waals surface area contributed by atoms with E-state index in [4.69, 9.17) is 26.3 Å². The topological polar surface area (TPSA) is 59.3 Å². The Morgan fingerprint density at radius 1 is 1.14 bits per heavy atom. The highest BCUT2D eigenvalue weighted by atomic mass is 35.5. The van der Waals surface area contributed by atoms with Crippen LogP contribution in [0.3, 0.4) is 0 Å². The lowest BCUT2D eigenvalue weighted by Gasteiger charge is -2.12. The molecule has 0 radical (unpaired) electrons. The van der Waals surface area contributed by atoms with Crippen molar-refractivity contribution < 1.29 is 14.3 Å². The van der Waals surface area contributed by atoms with Crippen molar-refractivity contribution >= 4 is 17.4 Å². The Labute approximate surface area is 127 Å². The first-order chi connectivity index (χ1) is 10.0. The lowest BCUT2D eigenvalue weighted by Crippen LogP contribution is -1.94. The van der Waals surface area contributed by atoms with Gasteiger partial charge in [-0.1, -0.05) is 11.6 Å². The number of halogens is 1. The largest absolute Gasteiger partial charge is 0.493 e. The first-order valence-electron chi connectivity index (χ1n) is 6.11. The minimum absolute atomic E-state index is 0.0700. The van der Waals surface area contributed by atoms with Crippen molar-refractivity contribution in [1.29, 1.82) is 5.26 Å². The standard InChI is InChI=1S/C16H12ClNO3/c1-10(19)12-4-6-14(13(17)8-12)21-15-5-3-11(9-18)7-16(15)20-2/h3-8H,1-2H3. The highest BCUT2D eigenvalue weighted by Crippen LogP contribution is 2.35. The van der Waals surface area contributed by atoms with Crippen molar-refractivity contribution in [3.05, 3.63) is 52.5 Å². The number of ketones is 1. The number of benzene rings is 2. The Morgan fingerprint density at radius 3 is 2.43 bits per heavy atom. The minimum Gasteiger partial charge on any atom is -0.493 e. The van der Waals surface area contributed by atoms with Crippen molar-refractivity contribution in [3.8, 4) is 23.3 Å². The molecule has 0 spiro atoms. The monoisotopic (exact) mass is 301 g/mol. The van der Waals surface area contributed by atoms with Gasteiger partial charge in [-0.3, -0.25) is 4.79 Å². The Bertz CT molecular complexity index is 735. The number of carbonyl (C=O) groups is 1. The van der Waals surface area contributed by atoms with Gasteiger partial charge in [-0.15, -0.1) is 0 Å². The van der Waals surface area contributed by atoms with Gasteiger partial charge in [0.1, 0.15) is 5.75 Å². The average molecular weight is 302 g/mol. The molecule has 0 aromatic heterocycles. The summed E-state index contributed by atoms with van der Waals surface area (Å²) in [6.07, 6.45) is 0. The van der Waals surface area contributed by atoms with E-state index < -0.39 is 0 Å². The molecule has 0 N–H and O–H groups in total. The van der Waals surface area contributed by atoms with Crippen LogP contribution < -0.4 is 9.47 Å². The van der Waals surface area contributed by atoms with E-state index in [1.165, 1.54) is 14.0 Å². The van der Waals surface area contributed by atoms with E-state index in [1.807, 2.05) is 6.07 Å². The number of Topliss-reactive ketones (excluding diaryl/α,β-unsaturated/α-hetero) is 1. The summed E-state index contributed by atoms with van der Waals surface area (Å²) in [6, 6.07) is 11.7. The Hall–Kier alpha value is -2.51. The molecular formula is C16H12ClNO3. The second-order valence-corrected chi connectivity index (χ2v) is 4.69. The summed E-state index contributed by atoms with van der Waals surface area (Å²) in [7, 11) is 1.49. The molecule has 0 unspecified atom stereocenters. The number of nitrogens with zero attached hydrogens (tertiary/aromatic N) is 1. The van der Waals surface area contributed by atoms with Crippen LogP contribution in [0, 0.1) is 11.3 Å². The van der Waals surface area contributed by atoms with Crippen LogP contribution in [0.5, 0.6) is 17.2 Å². The minimum atomic E-state index is -0.0700. The van der Waals surface area contributed by atoms with Gasteiger partial charge in [0, 0.05) is 11.6 Å². The SMILES string of the molecule is COc1cc(C#N)ccc1Oc1ccc(C(C)=O)cc1Cl. The maximum atomic E-state index is 11.3. The van der Waals surface area contributed by atoms with E-state index >= 15 is 0 Å². The highest BCUT2D eigenvalue weighted by molar-refractivity contribution is 6.32. The van der Waals surface area contributed by atoms with Crippen LogP contribution in [0.1, 0.15) is 22.8 Å². The van der Waals surface area contributed by atoms with Gasteiger partial charge in [0.15, 0.2) is 17.3 Å². The van der Waals surface area contributed by atoms with Crippen LogP contribution in [0.2, 0.25) is 5.02 Å². The second kappa shape index (κ2) is 6.29. The quantitative estimate of drug-likeness (QED) is 0.793. The second-order valence-electron chi connectivity index (χ2n) is 4.28. The van der Waals surface area contributed by atoms with Gasteiger partial charge in [0.25, 0.3) is 0 Å². The third-order valence-electron chi connectivity index (χ3n) is 2.85. The highest BCUT2D eigenvalue weighted by Gasteiger charge is 2.11. The maximum Gasteiger partial charge on any atom is 0.169 e. The van der Waals surface area contributed by atoms with Gasteiger partial charge in [0.2, 0.25) is 0 Å². The summed E-state index contributed by atoms with van der Waals surface area (Å²) < 4.78 is 10.9. The molecule has 0 aliphatic rings. The van der Waals surface area contributed by atoms with E-state index in [2.05, 4.69) is 0 Å². The summed E-state index contributed by atoms with van der Waals surface area (Å²) in [5.41, 5.74) is 0.983. The molecule has 2 rings (SSSR count). The summed E-state index contributed by atoms with van der Waals surface area (Å²) in [5, 5.41) is 9.19. The molecule has 106 valence electrons. The molecule has 0 fully saturated rings. The fourth-order valence-electron chi connectivity index (χ4n) is 1.74. The van der Waals surface area contributed by atoms with Crippen molar-refractivity contribution in [2.75, 3.05) is 7.11 Å². The number of nitriles is 1. The van der Waals surface area contributed by atoms with Crippen LogP contribution >= 0.6 is 11.6 Å². The molecular weight excluding hydrogens is 290 g/mol. The van der Waals surface area contributed by atoms with Crippen molar-refractivity contribution in [2.45, 2.75) is 6.92 Å². The van der Waals surface area contributed by atoms with Gasteiger partial charge < -0.3 is 9.47 Å². The molecule has 4 nitrogen and oxygen atoms in total. The van der Waals surface area contributed by atoms with Gasteiger partial charge in [-0.05, 0) is 37.3 Å². The van der Waals surface area contributed by atoms with Gasteiger partial charge in [0.05, 0.1) is 23.8 Å². The Balaban J connectivity index is 2.34. The molecule has 0 amide bonds. The molecule has 0 aliphatic heterocycles. The van der Waals surface area contributed by atoms with Crippen molar-refractivity contribution in [2.24, 2.45) is 0 Å². The predicted octanol–water partition coefficient (Wildman–Crippen LogP) is 4.22. The summed E-state index contributed by atoms with van der Waals surface area (Å²) >= 11 is 6.11. The van der Waals surface area contributed by atoms with Gasteiger partial charge in [-0.2, -0.15) is 5.26 Å². The zero-order valence-corrected chi connectivity index (χ0v) is 12.3. The zero-order valence-electron chi connectivity index (χ0n) is 11.5. The fourth-order valence-corrected chi connectivity index (χ4v) is 1.96. The maximum absolute atomic E-state index is 11.3. The number of ether oxygens (including phenoxy) is 2. The zero-order chi connectivity index (χ0) is 15.4. The van der Waals surface area contributed by atoms with Crippen LogP contribution in [-0.4, -0.2) is 12.9 Å². The molecule has 0 saturated heterocycles. The molecule has 0 heterocycles. The average Bonchev–Trinajstić information content (AvgIpc) is 2.49. The summed E-state index contributed by atoms with van der Waals surface area (Å²) in [4.78, 5) is 11.3. The molecule has 2 aromatic carbocycles. The van der Waals surface area contributed by atoms with Crippen LogP contribution in [0.4, 0.5) is 0 Å². The molecule has 0 saturated carbocycles. The first kappa shape index (κ1) is 14.9. The predicted molar refractivity (Wildman–Crippen MR) is 79.2 cm³/mol. The normalized spacial score (nSPS) is 9.81. The third-order valence-corrected chi connectivity index (χ3v) is 3.15.